The van der Waals surface area contributed by atoms with E-state index in [0.29, 0.717) is 12.6 Å². The van der Waals surface area contributed by atoms with E-state index in [0.717, 1.165) is 18.7 Å². The van der Waals surface area contributed by atoms with Gasteiger partial charge in [0.2, 0.25) is 0 Å². The fraction of sp³-hybridized carbons (Fsp3) is 0.588. The first-order valence-electron chi connectivity index (χ1n) is 7.68. The lowest BCUT2D eigenvalue weighted by molar-refractivity contribution is 0.218. The summed E-state index contributed by atoms with van der Waals surface area (Å²) in [6.45, 7) is 10.6. The smallest absolute Gasteiger partial charge is 0.321 e. The standard InChI is InChI=1S/C17H27N3O/c1-6-18-15(10-17(2,3)4)12-7-8-14-13(9-12)11-20(5)16(21)19-14/h7-9,15,18H,6,10-11H2,1-5H3,(H,19,21). The molecule has 4 nitrogen and oxygen atoms in total. The second-order valence-corrected chi connectivity index (χ2v) is 7.08. The number of urea groups is 1. The van der Waals surface area contributed by atoms with Crippen LogP contribution in [-0.4, -0.2) is 24.5 Å². The number of anilines is 1. The van der Waals surface area contributed by atoms with Crippen LogP contribution >= 0.6 is 0 Å². The molecule has 0 fully saturated rings. The fourth-order valence-corrected chi connectivity index (χ4v) is 2.79. The maximum absolute atomic E-state index is 11.7. The molecule has 2 N–H and O–H groups in total. The number of rotatable bonds is 4. The molecule has 4 heteroatoms. The van der Waals surface area contributed by atoms with Crippen LogP contribution in [0.3, 0.4) is 0 Å². The summed E-state index contributed by atoms with van der Waals surface area (Å²) in [6, 6.07) is 6.70. The van der Waals surface area contributed by atoms with Crippen molar-refractivity contribution in [3.05, 3.63) is 29.3 Å². The van der Waals surface area contributed by atoms with E-state index in [1.54, 1.807) is 4.90 Å². The molecule has 0 saturated heterocycles. The maximum Gasteiger partial charge on any atom is 0.321 e. The Morgan fingerprint density at radius 2 is 2.10 bits per heavy atom. The Hall–Kier alpha value is -1.55. The van der Waals surface area contributed by atoms with Gasteiger partial charge in [0, 0.05) is 25.3 Å². The first-order chi connectivity index (χ1) is 9.80. The summed E-state index contributed by atoms with van der Waals surface area (Å²) in [5.41, 5.74) is 3.70. The van der Waals surface area contributed by atoms with Crippen molar-refractivity contribution >= 4 is 11.7 Å². The summed E-state index contributed by atoms with van der Waals surface area (Å²) in [7, 11) is 1.82. The average molecular weight is 289 g/mol. The molecule has 0 aliphatic carbocycles. The molecule has 1 unspecified atom stereocenters. The summed E-state index contributed by atoms with van der Waals surface area (Å²) in [5, 5.41) is 6.50. The number of nitrogens with zero attached hydrogens (tertiary/aromatic N) is 1. The average Bonchev–Trinajstić information content (AvgIpc) is 2.37. The number of fused-ring (bicyclic) bond motifs is 1. The topological polar surface area (TPSA) is 44.4 Å². The summed E-state index contributed by atoms with van der Waals surface area (Å²) in [4.78, 5) is 13.4. The van der Waals surface area contributed by atoms with Gasteiger partial charge in [0.1, 0.15) is 0 Å². The molecule has 2 rings (SSSR count). The molecule has 0 bridgehead atoms. The van der Waals surface area contributed by atoms with Crippen LogP contribution in [0.1, 0.15) is 51.3 Å². The minimum absolute atomic E-state index is 0.0341. The van der Waals surface area contributed by atoms with E-state index in [2.05, 4.69) is 50.5 Å². The number of carbonyl (C=O) groups is 1. The van der Waals surface area contributed by atoms with E-state index in [1.807, 2.05) is 13.1 Å². The number of nitrogens with one attached hydrogen (secondary N) is 2. The minimum Gasteiger partial charge on any atom is -0.323 e. The van der Waals surface area contributed by atoms with E-state index < -0.39 is 0 Å². The molecule has 1 aliphatic heterocycles. The van der Waals surface area contributed by atoms with Crippen LogP contribution in [0.4, 0.5) is 10.5 Å². The largest absolute Gasteiger partial charge is 0.323 e. The van der Waals surface area contributed by atoms with E-state index in [9.17, 15) is 4.79 Å². The van der Waals surface area contributed by atoms with Gasteiger partial charge in [-0.15, -0.1) is 0 Å². The van der Waals surface area contributed by atoms with Gasteiger partial charge in [-0.3, -0.25) is 0 Å². The van der Waals surface area contributed by atoms with E-state index >= 15 is 0 Å². The van der Waals surface area contributed by atoms with Crippen molar-refractivity contribution in [2.75, 3.05) is 18.9 Å². The Bertz CT molecular complexity index is 519. The van der Waals surface area contributed by atoms with Gasteiger partial charge in [-0.05, 0) is 35.6 Å². The van der Waals surface area contributed by atoms with Crippen LogP contribution in [0.2, 0.25) is 0 Å². The molecular formula is C17H27N3O. The van der Waals surface area contributed by atoms with Crippen molar-refractivity contribution in [2.24, 2.45) is 5.41 Å². The molecule has 21 heavy (non-hydrogen) atoms. The highest BCUT2D eigenvalue weighted by Crippen LogP contribution is 2.32. The van der Waals surface area contributed by atoms with Crippen molar-refractivity contribution in [1.29, 1.82) is 0 Å². The highest BCUT2D eigenvalue weighted by atomic mass is 16.2. The first-order valence-corrected chi connectivity index (χ1v) is 7.68. The van der Waals surface area contributed by atoms with Gasteiger partial charge in [-0.1, -0.05) is 39.8 Å². The van der Waals surface area contributed by atoms with Crippen LogP contribution in [0.25, 0.3) is 0 Å². The van der Waals surface area contributed by atoms with Crippen molar-refractivity contribution < 1.29 is 4.79 Å². The first kappa shape index (κ1) is 15.8. The predicted octanol–water partition coefficient (Wildman–Crippen LogP) is 3.75. The molecule has 1 aromatic rings. The third kappa shape index (κ3) is 3.97. The molecule has 0 radical (unpaired) electrons. The third-order valence-corrected chi connectivity index (χ3v) is 3.79. The Balaban J connectivity index is 2.26. The summed E-state index contributed by atoms with van der Waals surface area (Å²) < 4.78 is 0. The van der Waals surface area contributed by atoms with Gasteiger partial charge >= 0.3 is 6.03 Å². The van der Waals surface area contributed by atoms with Crippen molar-refractivity contribution in [2.45, 2.75) is 46.7 Å². The quantitative estimate of drug-likeness (QED) is 0.886. The number of hydrogen-bond acceptors (Lipinski definition) is 2. The summed E-state index contributed by atoms with van der Waals surface area (Å²) in [5.74, 6) is 0. The molecule has 116 valence electrons. The zero-order valence-corrected chi connectivity index (χ0v) is 13.8. The van der Waals surface area contributed by atoms with Crippen LogP contribution in [0.5, 0.6) is 0 Å². The molecule has 0 spiro atoms. The minimum atomic E-state index is -0.0341. The Morgan fingerprint density at radius 3 is 2.71 bits per heavy atom. The molecule has 0 aromatic heterocycles. The van der Waals surface area contributed by atoms with Gasteiger partial charge in [0.05, 0.1) is 0 Å². The van der Waals surface area contributed by atoms with Crippen LogP contribution < -0.4 is 10.6 Å². The second-order valence-electron chi connectivity index (χ2n) is 7.08. The van der Waals surface area contributed by atoms with Gasteiger partial charge in [-0.2, -0.15) is 0 Å². The van der Waals surface area contributed by atoms with Crippen molar-refractivity contribution in [3.8, 4) is 0 Å². The Morgan fingerprint density at radius 1 is 1.38 bits per heavy atom. The van der Waals surface area contributed by atoms with E-state index in [4.69, 9.17) is 0 Å². The maximum atomic E-state index is 11.7. The molecule has 2 amide bonds. The monoisotopic (exact) mass is 289 g/mol. The fourth-order valence-electron chi connectivity index (χ4n) is 2.79. The molecule has 1 aromatic carbocycles. The van der Waals surface area contributed by atoms with Crippen LogP contribution in [0.15, 0.2) is 18.2 Å². The van der Waals surface area contributed by atoms with Crippen molar-refractivity contribution in [3.63, 3.8) is 0 Å². The zero-order chi connectivity index (χ0) is 15.6. The third-order valence-electron chi connectivity index (χ3n) is 3.79. The lowest BCUT2D eigenvalue weighted by atomic mass is 9.85. The number of carbonyl (C=O) groups excluding carboxylic acids is 1. The van der Waals surface area contributed by atoms with Crippen LogP contribution in [0, 0.1) is 5.41 Å². The van der Waals surface area contributed by atoms with Gasteiger partial charge in [0.25, 0.3) is 0 Å². The second kappa shape index (κ2) is 6.06. The lowest BCUT2D eigenvalue weighted by Crippen LogP contribution is -2.35. The summed E-state index contributed by atoms with van der Waals surface area (Å²) >= 11 is 0. The SMILES string of the molecule is CCNC(CC(C)(C)C)c1ccc2c(c1)CN(C)C(=O)N2. The highest BCUT2D eigenvalue weighted by Gasteiger charge is 2.23. The molecule has 0 saturated carbocycles. The number of hydrogen-bond donors (Lipinski definition) is 2. The normalized spacial score (nSPS) is 16.4. The molecular weight excluding hydrogens is 262 g/mol. The van der Waals surface area contributed by atoms with Crippen LogP contribution in [-0.2, 0) is 6.54 Å². The van der Waals surface area contributed by atoms with Gasteiger partial charge in [-0.25, -0.2) is 4.79 Å². The molecule has 1 aliphatic rings. The molecule has 1 atom stereocenters. The lowest BCUT2D eigenvalue weighted by Gasteiger charge is -2.30. The molecule has 1 heterocycles. The van der Waals surface area contributed by atoms with E-state index in [-0.39, 0.29) is 11.4 Å². The van der Waals surface area contributed by atoms with E-state index in [1.165, 1.54) is 11.1 Å². The Labute approximate surface area is 127 Å². The zero-order valence-electron chi connectivity index (χ0n) is 13.8. The predicted molar refractivity (Wildman–Crippen MR) is 87.4 cm³/mol. The summed E-state index contributed by atoms with van der Waals surface area (Å²) in [6.07, 6.45) is 1.09. The number of amides is 2. The highest BCUT2D eigenvalue weighted by molar-refractivity contribution is 5.92. The van der Waals surface area contributed by atoms with Crippen molar-refractivity contribution in [1.82, 2.24) is 10.2 Å². The van der Waals surface area contributed by atoms with Gasteiger partial charge in [0.15, 0.2) is 0 Å². The van der Waals surface area contributed by atoms with Gasteiger partial charge < -0.3 is 15.5 Å². The number of benzene rings is 1. The Kier molecular flexibility index (Phi) is 4.57.